The third kappa shape index (κ3) is 4.23. The predicted octanol–water partition coefficient (Wildman–Crippen LogP) is 6.95. The number of nitrogens with one attached hydrogen (secondary N) is 3. The molecule has 0 aliphatic carbocycles. The van der Waals surface area contributed by atoms with Gasteiger partial charge in [0, 0.05) is 28.4 Å². The molecule has 0 atom stereocenters. The number of hydrogen-bond acceptors (Lipinski definition) is 5. The van der Waals surface area contributed by atoms with E-state index in [9.17, 15) is 4.39 Å². The number of aromatic nitrogens is 6. The van der Waals surface area contributed by atoms with E-state index < -0.39 is 0 Å². The molecule has 6 aromatic rings. The van der Waals surface area contributed by atoms with Gasteiger partial charge < -0.3 is 10.3 Å². The van der Waals surface area contributed by atoms with Crippen LogP contribution >= 0.6 is 0 Å². The molecule has 7 nitrogen and oxygen atoms in total. The SMILES string of the molecule is C=C(Nc1cncc(-c2cc3c(-c4nc5c(-c6cccc(F)c6)cccc5[nH]4)n[nH]c3cn2)c1)C(C)C. The molecule has 0 radical (unpaired) electrons. The molecule has 4 aromatic heterocycles. The summed E-state index contributed by atoms with van der Waals surface area (Å²) < 4.78 is 13.9. The number of rotatable bonds is 6. The first-order chi connectivity index (χ1) is 18.0. The highest BCUT2D eigenvalue weighted by Crippen LogP contribution is 2.33. The molecular formula is C29H24FN7. The van der Waals surface area contributed by atoms with Gasteiger partial charge in [-0.15, -0.1) is 0 Å². The van der Waals surface area contributed by atoms with Gasteiger partial charge in [-0.25, -0.2) is 9.37 Å². The van der Waals surface area contributed by atoms with Crippen LogP contribution < -0.4 is 5.32 Å². The third-order valence-electron chi connectivity index (χ3n) is 6.36. The number of para-hydroxylation sites is 1. The fourth-order valence-electron chi connectivity index (χ4n) is 4.27. The molecule has 37 heavy (non-hydrogen) atoms. The summed E-state index contributed by atoms with van der Waals surface area (Å²) in [7, 11) is 0. The minimum absolute atomic E-state index is 0.286. The number of aromatic amines is 2. The normalized spacial score (nSPS) is 11.5. The monoisotopic (exact) mass is 489 g/mol. The number of allylic oxidation sites excluding steroid dienone is 1. The minimum atomic E-state index is -0.286. The molecule has 0 unspecified atom stereocenters. The highest BCUT2D eigenvalue weighted by Gasteiger charge is 2.16. The fourth-order valence-corrected chi connectivity index (χ4v) is 4.27. The van der Waals surface area contributed by atoms with Gasteiger partial charge in [0.1, 0.15) is 11.5 Å². The van der Waals surface area contributed by atoms with E-state index >= 15 is 0 Å². The van der Waals surface area contributed by atoms with Gasteiger partial charge in [0.05, 0.1) is 40.3 Å². The largest absolute Gasteiger partial charge is 0.358 e. The van der Waals surface area contributed by atoms with Gasteiger partial charge in [0.15, 0.2) is 5.82 Å². The number of benzene rings is 2. The van der Waals surface area contributed by atoms with E-state index in [2.05, 4.69) is 50.9 Å². The number of fused-ring (bicyclic) bond motifs is 2. The Bertz CT molecular complexity index is 1780. The number of halogens is 1. The second kappa shape index (κ2) is 8.98. The summed E-state index contributed by atoms with van der Waals surface area (Å²) in [6, 6.07) is 16.3. The number of pyridine rings is 2. The van der Waals surface area contributed by atoms with Crippen molar-refractivity contribution >= 4 is 27.6 Å². The molecule has 6 rings (SSSR count). The maximum absolute atomic E-state index is 13.9. The molecule has 0 amide bonds. The second-order valence-electron chi connectivity index (χ2n) is 9.25. The van der Waals surface area contributed by atoms with E-state index in [-0.39, 0.29) is 5.82 Å². The lowest BCUT2D eigenvalue weighted by Crippen LogP contribution is -2.04. The Kier molecular flexibility index (Phi) is 5.49. The lowest BCUT2D eigenvalue weighted by Gasteiger charge is -2.13. The third-order valence-corrected chi connectivity index (χ3v) is 6.36. The Morgan fingerprint density at radius 1 is 0.973 bits per heavy atom. The van der Waals surface area contributed by atoms with Crippen LogP contribution in [0.5, 0.6) is 0 Å². The molecule has 0 fully saturated rings. The summed E-state index contributed by atoms with van der Waals surface area (Å²) >= 11 is 0. The summed E-state index contributed by atoms with van der Waals surface area (Å²) in [5.74, 6) is 0.631. The molecule has 0 aliphatic heterocycles. The van der Waals surface area contributed by atoms with Crippen molar-refractivity contribution in [1.82, 2.24) is 30.1 Å². The van der Waals surface area contributed by atoms with Gasteiger partial charge >= 0.3 is 0 Å². The van der Waals surface area contributed by atoms with Crippen molar-refractivity contribution in [3.8, 4) is 33.9 Å². The number of imidazole rings is 1. The van der Waals surface area contributed by atoms with Crippen LogP contribution in [0.3, 0.4) is 0 Å². The average molecular weight is 490 g/mol. The van der Waals surface area contributed by atoms with Crippen LogP contribution in [0.15, 0.2) is 85.5 Å². The smallest absolute Gasteiger partial charge is 0.159 e. The van der Waals surface area contributed by atoms with E-state index in [1.807, 2.05) is 36.4 Å². The first-order valence-electron chi connectivity index (χ1n) is 12.0. The van der Waals surface area contributed by atoms with E-state index in [1.54, 1.807) is 24.7 Å². The van der Waals surface area contributed by atoms with Crippen molar-refractivity contribution in [1.29, 1.82) is 0 Å². The molecule has 0 bridgehead atoms. The first kappa shape index (κ1) is 22.6. The first-order valence-corrected chi connectivity index (χ1v) is 12.0. The maximum Gasteiger partial charge on any atom is 0.159 e. The second-order valence-corrected chi connectivity index (χ2v) is 9.25. The van der Waals surface area contributed by atoms with E-state index in [0.29, 0.717) is 17.4 Å². The molecule has 8 heteroatoms. The summed E-state index contributed by atoms with van der Waals surface area (Å²) in [4.78, 5) is 17.2. The van der Waals surface area contributed by atoms with Crippen molar-refractivity contribution in [3.05, 3.63) is 91.3 Å². The topological polar surface area (TPSA) is 95.2 Å². The van der Waals surface area contributed by atoms with Gasteiger partial charge in [0.25, 0.3) is 0 Å². The molecule has 0 saturated heterocycles. The van der Waals surface area contributed by atoms with Crippen LogP contribution in [0.2, 0.25) is 0 Å². The molecule has 182 valence electrons. The molecule has 0 aliphatic rings. The molecule has 0 spiro atoms. The summed E-state index contributed by atoms with van der Waals surface area (Å²) in [6.45, 7) is 8.25. The number of H-pyrrole nitrogens is 2. The maximum atomic E-state index is 13.9. The standard InChI is InChI=1S/C29H24FN7/c1-16(2)17(3)33-21-11-19(13-31-14-21)25-12-23-26(15-32-25)36-37-28(23)29-34-24-9-5-8-22(27(24)35-29)18-6-4-7-20(30)10-18/h4-16,33H,3H2,1-2H3,(H,34,35)(H,36,37). The molecule has 4 heterocycles. The van der Waals surface area contributed by atoms with Crippen LogP contribution in [0.25, 0.3) is 55.8 Å². The highest BCUT2D eigenvalue weighted by molar-refractivity contribution is 5.97. The van der Waals surface area contributed by atoms with Crippen LogP contribution in [-0.4, -0.2) is 30.1 Å². The minimum Gasteiger partial charge on any atom is -0.358 e. The Morgan fingerprint density at radius 3 is 2.68 bits per heavy atom. The van der Waals surface area contributed by atoms with E-state index in [0.717, 1.165) is 55.7 Å². The van der Waals surface area contributed by atoms with Crippen molar-refractivity contribution in [2.45, 2.75) is 13.8 Å². The quantitative estimate of drug-likeness (QED) is 0.235. The van der Waals surface area contributed by atoms with Crippen LogP contribution in [0.4, 0.5) is 10.1 Å². The lowest BCUT2D eigenvalue weighted by atomic mass is 10.0. The van der Waals surface area contributed by atoms with Crippen molar-refractivity contribution in [2.75, 3.05) is 5.32 Å². The molecular weight excluding hydrogens is 465 g/mol. The number of anilines is 1. The van der Waals surface area contributed by atoms with Crippen LogP contribution in [0.1, 0.15) is 13.8 Å². The van der Waals surface area contributed by atoms with Crippen LogP contribution in [0, 0.1) is 11.7 Å². The summed E-state index contributed by atoms with van der Waals surface area (Å²) in [5.41, 5.74) is 8.08. The molecule has 3 N–H and O–H groups in total. The number of hydrogen-bond donors (Lipinski definition) is 3. The summed E-state index contributed by atoms with van der Waals surface area (Å²) in [5, 5.41) is 11.8. The Labute approximate surface area is 212 Å². The fraction of sp³-hybridized carbons (Fsp3) is 0.103. The Morgan fingerprint density at radius 2 is 1.84 bits per heavy atom. The highest BCUT2D eigenvalue weighted by atomic mass is 19.1. The van der Waals surface area contributed by atoms with E-state index in [1.165, 1.54) is 12.1 Å². The van der Waals surface area contributed by atoms with Crippen molar-refractivity contribution in [2.24, 2.45) is 5.92 Å². The predicted molar refractivity (Wildman–Crippen MR) is 145 cm³/mol. The van der Waals surface area contributed by atoms with Crippen LogP contribution in [-0.2, 0) is 0 Å². The van der Waals surface area contributed by atoms with Crippen molar-refractivity contribution in [3.63, 3.8) is 0 Å². The lowest BCUT2D eigenvalue weighted by molar-refractivity contribution is 0.628. The zero-order chi connectivity index (χ0) is 25.5. The van der Waals surface area contributed by atoms with Crippen molar-refractivity contribution < 1.29 is 4.39 Å². The van der Waals surface area contributed by atoms with E-state index in [4.69, 9.17) is 4.98 Å². The number of nitrogens with zero attached hydrogens (tertiary/aromatic N) is 4. The van der Waals surface area contributed by atoms with Gasteiger partial charge in [-0.1, -0.05) is 44.7 Å². The van der Waals surface area contributed by atoms with Gasteiger partial charge in [-0.2, -0.15) is 5.10 Å². The average Bonchev–Trinajstić information content (AvgIpc) is 3.52. The van der Waals surface area contributed by atoms with Gasteiger partial charge in [0.2, 0.25) is 0 Å². The molecule has 0 saturated carbocycles. The Hall–Kier alpha value is -4.85. The zero-order valence-corrected chi connectivity index (χ0v) is 20.4. The summed E-state index contributed by atoms with van der Waals surface area (Å²) in [6.07, 6.45) is 5.31. The van der Waals surface area contributed by atoms with Gasteiger partial charge in [-0.05, 0) is 41.8 Å². The Balaban J connectivity index is 1.41. The van der Waals surface area contributed by atoms with Gasteiger partial charge in [-0.3, -0.25) is 15.1 Å². The molecule has 2 aromatic carbocycles. The zero-order valence-electron chi connectivity index (χ0n) is 20.4.